The van der Waals surface area contributed by atoms with Crippen molar-refractivity contribution < 1.29 is 9.47 Å². The van der Waals surface area contributed by atoms with Gasteiger partial charge in [-0.2, -0.15) is 0 Å². The molecule has 4 nitrogen and oxygen atoms in total. The molecule has 0 amide bonds. The largest absolute Gasteiger partial charge is 0.497 e. The van der Waals surface area contributed by atoms with E-state index in [2.05, 4.69) is 30.9 Å². The van der Waals surface area contributed by atoms with Gasteiger partial charge in [0.2, 0.25) is 0 Å². The summed E-state index contributed by atoms with van der Waals surface area (Å²) in [5.41, 5.74) is 9.21. The minimum absolute atomic E-state index is 0.0568. The Balaban J connectivity index is 1.82. The van der Waals surface area contributed by atoms with Gasteiger partial charge >= 0.3 is 0 Å². The lowest BCUT2D eigenvalue weighted by molar-refractivity contribution is -0.0847. The van der Waals surface area contributed by atoms with Gasteiger partial charge in [0.05, 0.1) is 19.3 Å². The van der Waals surface area contributed by atoms with Crippen LogP contribution in [0.25, 0.3) is 0 Å². The molecule has 1 saturated heterocycles. The highest BCUT2D eigenvalue weighted by atomic mass is 16.5. The van der Waals surface area contributed by atoms with Gasteiger partial charge in [0, 0.05) is 25.2 Å². The molecule has 0 spiro atoms. The van der Waals surface area contributed by atoms with Crippen LogP contribution in [-0.2, 0) is 11.2 Å². The maximum atomic E-state index is 6.60. The third kappa shape index (κ3) is 2.93. The summed E-state index contributed by atoms with van der Waals surface area (Å²) in [5.74, 6) is 0.897. The Hall–Kier alpha value is -1.10. The van der Waals surface area contributed by atoms with E-state index in [9.17, 15) is 0 Å². The molecule has 2 aliphatic rings. The van der Waals surface area contributed by atoms with Crippen LogP contribution in [-0.4, -0.2) is 43.3 Å². The third-order valence-electron chi connectivity index (χ3n) is 4.75. The van der Waals surface area contributed by atoms with E-state index in [4.69, 9.17) is 15.2 Å². The summed E-state index contributed by atoms with van der Waals surface area (Å²) in [6.07, 6.45) is 2.79. The Bertz CT molecular complexity index is 496. The molecule has 1 heterocycles. The SMILES string of the molecule is COc1ccc2c(c1)C(N)C(N1C[C@@H](C)O[C@@H](C)C1)CC2. The summed E-state index contributed by atoms with van der Waals surface area (Å²) in [6, 6.07) is 6.76. The van der Waals surface area contributed by atoms with Gasteiger partial charge in [0.15, 0.2) is 0 Å². The predicted molar refractivity (Wildman–Crippen MR) is 83.6 cm³/mol. The second-order valence-electron chi connectivity index (χ2n) is 6.41. The number of rotatable bonds is 2. The standard InChI is InChI=1S/C17H26N2O2/c1-11-9-19(10-12(2)21-11)16-7-5-13-4-6-14(20-3)8-15(13)17(16)18/h4,6,8,11-12,16-17H,5,7,9-10,18H2,1-3H3/t11-,12+,16?,17?. The van der Waals surface area contributed by atoms with Crippen LogP contribution in [0, 0.1) is 0 Å². The Labute approximate surface area is 127 Å². The first-order valence-electron chi connectivity index (χ1n) is 7.90. The van der Waals surface area contributed by atoms with E-state index in [1.165, 1.54) is 11.1 Å². The number of aryl methyl sites for hydroxylation is 1. The van der Waals surface area contributed by atoms with Gasteiger partial charge in [-0.15, -0.1) is 0 Å². The molecule has 2 unspecified atom stereocenters. The first-order valence-corrected chi connectivity index (χ1v) is 7.90. The highest BCUT2D eigenvalue weighted by Crippen LogP contribution is 2.34. The zero-order valence-electron chi connectivity index (χ0n) is 13.2. The zero-order valence-corrected chi connectivity index (χ0v) is 13.2. The summed E-state index contributed by atoms with van der Waals surface area (Å²) in [4.78, 5) is 2.52. The fourth-order valence-electron chi connectivity index (χ4n) is 3.83. The molecule has 116 valence electrons. The number of ether oxygens (including phenoxy) is 2. The lowest BCUT2D eigenvalue weighted by Gasteiger charge is -2.44. The molecule has 0 aromatic heterocycles. The van der Waals surface area contributed by atoms with Crippen molar-refractivity contribution in [1.29, 1.82) is 0 Å². The second-order valence-corrected chi connectivity index (χ2v) is 6.41. The average Bonchev–Trinajstić information content (AvgIpc) is 2.46. The van der Waals surface area contributed by atoms with Crippen LogP contribution in [0.2, 0.25) is 0 Å². The Kier molecular flexibility index (Phi) is 4.20. The molecular formula is C17H26N2O2. The number of fused-ring (bicyclic) bond motifs is 1. The molecule has 3 rings (SSSR count). The Morgan fingerprint density at radius 3 is 2.62 bits per heavy atom. The maximum absolute atomic E-state index is 6.60. The van der Waals surface area contributed by atoms with Crippen LogP contribution in [0.5, 0.6) is 5.75 Å². The highest BCUT2D eigenvalue weighted by molar-refractivity contribution is 5.40. The quantitative estimate of drug-likeness (QED) is 0.906. The third-order valence-corrected chi connectivity index (χ3v) is 4.75. The van der Waals surface area contributed by atoms with Crippen LogP contribution >= 0.6 is 0 Å². The van der Waals surface area contributed by atoms with Gasteiger partial charge in [-0.1, -0.05) is 6.07 Å². The minimum atomic E-state index is 0.0568. The van der Waals surface area contributed by atoms with Crippen LogP contribution in [0.3, 0.4) is 0 Å². The molecular weight excluding hydrogens is 264 g/mol. The van der Waals surface area contributed by atoms with Gasteiger partial charge in [-0.05, 0) is 49.9 Å². The second kappa shape index (κ2) is 5.95. The molecule has 0 saturated carbocycles. The van der Waals surface area contributed by atoms with Crippen molar-refractivity contribution in [3.05, 3.63) is 29.3 Å². The molecule has 4 heteroatoms. The topological polar surface area (TPSA) is 47.7 Å². The molecule has 4 atom stereocenters. The summed E-state index contributed by atoms with van der Waals surface area (Å²) in [6.45, 7) is 6.24. The van der Waals surface area contributed by atoms with Crippen molar-refractivity contribution in [3.8, 4) is 5.75 Å². The Morgan fingerprint density at radius 2 is 1.95 bits per heavy atom. The lowest BCUT2D eigenvalue weighted by Crippen LogP contribution is -2.54. The van der Waals surface area contributed by atoms with E-state index < -0.39 is 0 Å². The number of nitrogens with zero attached hydrogens (tertiary/aromatic N) is 1. The summed E-state index contributed by atoms with van der Waals surface area (Å²) < 4.78 is 11.2. The van der Waals surface area contributed by atoms with E-state index in [1.54, 1.807) is 7.11 Å². The van der Waals surface area contributed by atoms with Crippen molar-refractivity contribution >= 4 is 0 Å². The molecule has 0 radical (unpaired) electrons. The van der Waals surface area contributed by atoms with E-state index >= 15 is 0 Å². The smallest absolute Gasteiger partial charge is 0.119 e. The van der Waals surface area contributed by atoms with Crippen molar-refractivity contribution in [3.63, 3.8) is 0 Å². The molecule has 1 aromatic rings. The van der Waals surface area contributed by atoms with Gasteiger partial charge in [-0.3, -0.25) is 4.90 Å². The van der Waals surface area contributed by atoms with E-state index in [1.807, 2.05) is 6.07 Å². The molecule has 21 heavy (non-hydrogen) atoms. The van der Waals surface area contributed by atoms with Crippen molar-refractivity contribution in [2.45, 2.75) is 51.0 Å². The number of methoxy groups -OCH3 is 1. The molecule has 0 bridgehead atoms. The molecule has 1 fully saturated rings. The predicted octanol–water partition coefficient (Wildman–Crippen LogP) is 2.12. The average molecular weight is 290 g/mol. The first kappa shape index (κ1) is 14.8. The fraction of sp³-hybridized carbons (Fsp3) is 0.647. The highest BCUT2D eigenvalue weighted by Gasteiger charge is 2.35. The van der Waals surface area contributed by atoms with Crippen molar-refractivity contribution in [2.75, 3.05) is 20.2 Å². The number of nitrogens with two attached hydrogens (primary N) is 1. The van der Waals surface area contributed by atoms with E-state index in [0.717, 1.165) is 31.7 Å². The fourth-order valence-corrected chi connectivity index (χ4v) is 3.83. The summed E-state index contributed by atoms with van der Waals surface area (Å²) in [5, 5.41) is 0. The first-order chi connectivity index (χ1) is 10.1. The van der Waals surface area contributed by atoms with Gasteiger partial charge in [0.25, 0.3) is 0 Å². The van der Waals surface area contributed by atoms with Crippen LogP contribution in [0.4, 0.5) is 0 Å². The number of benzene rings is 1. The van der Waals surface area contributed by atoms with Crippen LogP contribution in [0.15, 0.2) is 18.2 Å². The van der Waals surface area contributed by atoms with Crippen molar-refractivity contribution in [1.82, 2.24) is 4.90 Å². The van der Waals surface area contributed by atoms with Gasteiger partial charge in [-0.25, -0.2) is 0 Å². The summed E-state index contributed by atoms with van der Waals surface area (Å²) in [7, 11) is 1.71. The number of hydrogen-bond donors (Lipinski definition) is 1. The van der Waals surface area contributed by atoms with E-state index in [0.29, 0.717) is 6.04 Å². The van der Waals surface area contributed by atoms with Gasteiger partial charge < -0.3 is 15.2 Å². The van der Waals surface area contributed by atoms with Crippen molar-refractivity contribution in [2.24, 2.45) is 5.73 Å². The molecule has 1 aliphatic carbocycles. The number of morpholine rings is 1. The van der Waals surface area contributed by atoms with Crippen LogP contribution < -0.4 is 10.5 Å². The maximum Gasteiger partial charge on any atom is 0.119 e. The molecule has 2 N–H and O–H groups in total. The Morgan fingerprint density at radius 1 is 1.24 bits per heavy atom. The number of hydrogen-bond acceptors (Lipinski definition) is 4. The normalized spacial score (nSPS) is 33.5. The molecule has 1 aromatic carbocycles. The zero-order chi connectivity index (χ0) is 15.0. The lowest BCUT2D eigenvalue weighted by atomic mass is 9.83. The van der Waals surface area contributed by atoms with E-state index in [-0.39, 0.29) is 18.2 Å². The molecule has 1 aliphatic heterocycles. The van der Waals surface area contributed by atoms with Gasteiger partial charge in [0.1, 0.15) is 5.75 Å². The minimum Gasteiger partial charge on any atom is -0.497 e. The monoisotopic (exact) mass is 290 g/mol. The van der Waals surface area contributed by atoms with Crippen LogP contribution in [0.1, 0.15) is 37.4 Å². The summed E-state index contributed by atoms with van der Waals surface area (Å²) >= 11 is 0.